The van der Waals surface area contributed by atoms with E-state index in [1.807, 2.05) is 6.92 Å². The first-order chi connectivity index (χ1) is 15.4. The largest absolute Gasteiger partial charge is 0.459 e. The predicted molar refractivity (Wildman–Crippen MR) is 111 cm³/mol. The summed E-state index contributed by atoms with van der Waals surface area (Å²) in [5, 5.41) is 0. The summed E-state index contributed by atoms with van der Waals surface area (Å²) in [6.45, 7) is 2.86. The number of halogens is 2. The zero-order valence-electron chi connectivity index (χ0n) is 18.0. The molecule has 0 N–H and O–H groups in total. The summed E-state index contributed by atoms with van der Waals surface area (Å²) >= 11 is 0. The van der Waals surface area contributed by atoms with E-state index >= 15 is 0 Å². The highest BCUT2D eigenvalue weighted by Crippen LogP contribution is 2.40. The summed E-state index contributed by atoms with van der Waals surface area (Å²) < 4.78 is 72.2. The number of ether oxygens (including phenoxy) is 3. The minimum atomic E-state index is -4.34. The molecular formula is C22H22F2O8S. The molecule has 3 atom stereocenters. The van der Waals surface area contributed by atoms with Crippen molar-refractivity contribution < 1.29 is 45.2 Å². The number of hydrogen-bond acceptors (Lipinski definition) is 8. The molecule has 0 amide bonds. The Hall–Kier alpha value is -2.89. The minimum absolute atomic E-state index is 0.000665. The Morgan fingerprint density at radius 3 is 1.91 bits per heavy atom. The van der Waals surface area contributed by atoms with E-state index in [0.717, 1.165) is 11.1 Å². The molecule has 0 bridgehead atoms. The van der Waals surface area contributed by atoms with E-state index in [0.29, 0.717) is 6.26 Å². The van der Waals surface area contributed by atoms with Crippen molar-refractivity contribution in [2.75, 3.05) is 12.9 Å². The molecule has 11 heteroatoms. The van der Waals surface area contributed by atoms with Crippen LogP contribution in [0.15, 0.2) is 48.5 Å². The molecule has 2 aromatic carbocycles. The Labute approximate surface area is 189 Å². The molecule has 1 heterocycles. The van der Waals surface area contributed by atoms with Gasteiger partial charge >= 0.3 is 17.9 Å². The summed E-state index contributed by atoms with van der Waals surface area (Å²) in [5.41, 5.74) is 1.90. The lowest BCUT2D eigenvalue weighted by atomic mass is 10.1. The molecule has 1 fully saturated rings. The third kappa shape index (κ3) is 6.12. The molecule has 0 aromatic heterocycles. The Morgan fingerprint density at radius 2 is 1.42 bits per heavy atom. The fraction of sp³-hybridized carbons (Fsp3) is 0.364. The molecule has 1 unspecified atom stereocenters. The lowest BCUT2D eigenvalue weighted by Gasteiger charge is -2.23. The first kappa shape index (κ1) is 24.7. The van der Waals surface area contributed by atoms with Crippen LogP contribution in [0, 0.1) is 13.8 Å². The third-order valence-corrected chi connectivity index (χ3v) is 5.30. The van der Waals surface area contributed by atoms with Gasteiger partial charge in [-0.25, -0.2) is 13.8 Å². The van der Waals surface area contributed by atoms with Crippen LogP contribution >= 0.6 is 0 Å². The highest BCUT2D eigenvalue weighted by Gasteiger charge is 2.63. The van der Waals surface area contributed by atoms with E-state index in [9.17, 15) is 26.8 Å². The van der Waals surface area contributed by atoms with E-state index in [2.05, 4.69) is 4.18 Å². The van der Waals surface area contributed by atoms with Gasteiger partial charge in [-0.1, -0.05) is 35.4 Å². The molecule has 3 rings (SSSR count). The van der Waals surface area contributed by atoms with Crippen LogP contribution in [0.5, 0.6) is 0 Å². The smallest absolute Gasteiger partial charge is 0.338 e. The second-order valence-corrected chi connectivity index (χ2v) is 9.24. The number of aryl methyl sites for hydroxylation is 2. The summed E-state index contributed by atoms with van der Waals surface area (Å²) in [7, 11) is -4.34. The highest BCUT2D eigenvalue weighted by atomic mass is 32.2. The van der Waals surface area contributed by atoms with Crippen molar-refractivity contribution in [2.45, 2.75) is 38.3 Å². The average Bonchev–Trinajstić information content (AvgIpc) is 2.95. The predicted octanol–water partition coefficient (Wildman–Crippen LogP) is 3.02. The normalized spacial score (nSPS) is 22.0. The fourth-order valence-corrected chi connectivity index (χ4v) is 3.52. The molecule has 1 aliphatic rings. The molecule has 0 radical (unpaired) electrons. The number of rotatable bonds is 7. The first-order valence-corrected chi connectivity index (χ1v) is 11.6. The summed E-state index contributed by atoms with van der Waals surface area (Å²) in [4.78, 5) is 24.7. The molecular weight excluding hydrogens is 462 g/mol. The maximum Gasteiger partial charge on any atom is 0.338 e. The van der Waals surface area contributed by atoms with Crippen LogP contribution in [-0.4, -0.2) is 57.6 Å². The maximum absolute atomic E-state index is 15.0. The second-order valence-electron chi connectivity index (χ2n) is 7.64. The zero-order chi connectivity index (χ0) is 24.4. The summed E-state index contributed by atoms with van der Waals surface area (Å²) in [5.74, 6) is -5.96. The quantitative estimate of drug-likeness (QED) is 0.436. The average molecular weight is 484 g/mol. The van der Waals surface area contributed by atoms with Gasteiger partial charge in [-0.05, 0) is 38.1 Å². The van der Waals surface area contributed by atoms with Gasteiger partial charge in [0.1, 0.15) is 12.7 Å². The van der Waals surface area contributed by atoms with Gasteiger partial charge in [0.15, 0.2) is 0 Å². The van der Waals surface area contributed by atoms with Crippen LogP contribution < -0.4 is 0 Å². The molecule has 1 saturated heterocycles. The Morgan fingerprint density at radius 1 is 0.939 bits per heavy atom. The number of carbonyl (C=O) groups excluding carboxylic acids is 2. The van der Waals surface area contributed by atoms with Gasteiger partial charge in [-0.2, -0.15) is 17.2 Å². The molecule has 178 valence electrons. The van der Waals surface area contributed by atoms with Gasteiger partial charge < -0.3 is 14.2 Å². The van der Waals surface area contributed by atoms with Crippen molar-refractivity contribution in [1.82, 2.24) is 0 Å². The van der Waals surface area contributed by atoms with Gasteiger partial charge in [0.2, 0.25) is 12.4 Å². The molecule has 0 saturated carbocycles. The highest BCUT2D eigenvalue weighted by molar-refractivity contribution is 7.86. The van der Waals surface area contributed by atoms with E-state index in [-0.39, 0.29) is 11.1 Å². The monoisotopic (exact) mass is 484 g/mol. The van der Waals surface area contributed by atoms with Crippen LogP contribution in [0.4, 0.5) is 8.78 Å². The van der Waals surface area contributed by atoms with E-state index in [4.69, 9.17) is 14.2 Å². The fourth-order valence-electron chi connectivity index (χ4n) is 3.03. The minimum Gasteiger partial charge on any atom is -0.459 e. The number of benzene rings is 2. The van der Waals surface area contributed by atoms with E-state index in [1.165, 1.54) is 24.3 Å². The van der Waals surface area contributed by atoms with E-state index < -0.39 is 53.1 Å². The topological polar surface area (TPSA) is 105 Å². The Bertz CT molecular complexity index is 1110. The Kier molecular flexibility index (Phi) is 7.15. The number of carbonyl (C=O) groups is 2. The zero-order valence-corrected chi connectivity index (χ0v) is 18.8. The van der Waals surface area contributed by atoms with Crippen molar-refractivity contribution in [3.63, 3.8) is 0 Å². The van der Waals surface area contributed by atoms with Crippen molar-refractivity contribution in [2.24, 2.45) is 0 Å². The van der Waals surface area contributed by atoms with Gasteiger partial charge in [-0.15, -0.1) is 0 Å². The van der Waals surface area contributed by atoms with Gasteiger partial charge in [0.25, 0.3) is 10.1 Å². The van der Waals surface area contributed by atoms with Gasteiger partial charge in [0, 0.05) is 0 Å². The standard InChI is InChI=1S/C22H22F2O8S/c1-13-4-8-15(9-5-13)19(25)29-12-17-18(22(23,24)21(30-17)32-33(3,27)28)31-20(26)16-10-6-14(2)7-11-16/h4-11,17-18,21H,12H2,1-3H3/t17-,18-,21?/m1/s1. The van der Waals surface area contributed by atoms with Crippen LogP contribution in [-0.2, 0) is 28.5 Å². The lowest BCUT2D eigenvalue weighted by Crippen LogP contribution is -2.45. The third-order valence-electron chi connectivity index (χ3n) is 4.78. The van der Waals surface area contributed by atoms with Crippen LogP contribution in [0.1, 0.15) is 31.8 Å². The molecule has 2 aromatic rings. The molecule has 0 aliphatic carbocycles. The van der Waals surface area contributed by atoms with Crippen molar-refractivity contribution in [3.05, 3.63) is 70.8 Å². The first-order valence-electron chi connectivity index (χ1n) is 9.80. The lowest BCUT2D eigenvalue weighted by molar-refractivity contribution is -0.183. The maximum atomic E-state index is 15.0. The SMILES string of the molecule is Cc1ccc(C(=O)OC[C@H]2OC(OS(C)(=O)=O)C(F)(F)[C@@H]2OC(=O)c2ccc(C)cc2)cc1. The molecule has 8 nitrogen and oxygen atoms in total. The van der Waals surface area contributed by atoms with Crippen LogP contribution in [0.25, 0.3) is 0 Å². The summed E-state index contributed by atoms with van der Waals surface area (Å²) in [6, 6.07) is 12.3. The number of alkyl halides is 2. The van der Waals surface area contributed by atoms with Crippen molar-refractivity contribution >= 4 is 22.1 Å². The van der Waals surface area contributed by atoms with Crippen molar-refractivity contribution in [3.8, 4) is 0 Å². The second kappa shape index (κ2) is 9.54. The van der Waals surface area contributed by atoms with Crippen molar-refractivity contribution in [1.29, 1.82) is 0 Å². The molecule has 33 heavy (non-hydrogen) atoms. The van der Waals surface area contributed by atoms with Crippen LogP contribution in [0.2, 0.25) is 0 Å². The summed E-state index contributed by atoms with van der Waals surface area (Å²) in [6.07, 6.45) is -5.95. The van der Waals surface area contributed by atoms with E-state index in [1.54, 1.807) is 31.2 Å². The molecule has 0 spiro atoms. The number of esters is 2. The van der Waals surface area contributed by atoms with Crippen LogP contribution in [0.3, 0.4) is 0 Å². The Balaban J connectivity index is 1.79. The number of hydrogen-bond donors (Lipinski definition) is 0. The molecule has 1 aliphatic heterocycles. The van der Waals surface area contributed by atoms with Gasteiger partial charge in [0.05, 0.1) is 17.4 Å². The van der Waals surface area contributed by atoms with Gasteiger partial charge in [-0.3, -0.25) is 0 Å².